The Balaban J connectivity index is 2.07. The zero-order valence-electron chi connectivity index (χ0n) is 15.1. The van der Waals surface area contributed by atoms with E-state index in [0.717, 1.165) is 11.1 Å². The molecule has 6 heteroatoms. The molecule has 0 aromatic heterocycles. The van der Waals surface area contributed by atoms with Crippen LogP contribution < -0.4 is 4.74 Å². The number of carboxylic acids is 1. The smallest absolute Gasteiger partial charge is 0.341 e. The molecular formula is C20H23NO5. The van der Waals surface area contributed by atoms with Gasteiger partial charge in [0.1, 0.15) is 5.75 Å². The van der Waals surface area contributed by atoms with Crippen LogP contribution in [0, 0.1) is 0 Å². The van der Waals surface area contributed by atoms with Gasteiger partial charge in [0.05, 0.1) is 0 Å². The summed E-state index contributed by atoms with van der Waals surface area (Å²) in [5, 5.41) is 8.62. The monoisotopic (exact) mass is 357 g/mol. The Hall–Kier alpha value is -2.86. The van der Waals surface area contributed by atoms with Gasteiger partial charge >= 0.3 is 5.97 Å². The molecule has 2 aromatic rings. The van der Waals surface area contributed by atoms with Crippen LogP contribution in [0.25, 0.3) is 0 Å². The molecule has 1 N–H and O–H groups in total. The summed E-state index contributed by atoms with van der Waals surface area (Å²) in [5.74, 6) is -0.715. The molecule has 0 heterocycles. The van der Waals surface area contributed by atoms with Crippen molar-refractivity contribution in [3.05, 3.63) is 65.7 Å². The van der Waals surface area contributed by atoms with E-state index in [1.165, 1.54) is 7.11 Å². The molecule has 0 saturated heterocycles. The van der Waals surface area contributed by atoms with Gasteiger partial charge in [-0.05, 0) is 30.2 Å². The molecule has 1 unspecified atom stereocenters. The highest BCUT2D eigenvalue weighted by molar-refractivity contribution is 5.86. The predicted octanol–water partition coefficient (Wildman–Crippen LogP) is 2.67. The average Bonchev–Trinajstić information content (AvgIpc) is 2.66. The van der Waals surface area contributed by atoms with Gasteiger partial charge in [0.2, 0.25) is 0 Å². The first kappa shape index (κ1) is 19.5. The summed E-state index contributed by atoms with van der Waals surface area (Å²) in [6, 6.07) is 16.3. The highest BCUT2D eigenvalue weighted by Gasteiger charge is 2.37. The molecule has 0 radical (unpaired) electrons. The standard InChI is InChI=1S/C20H23NO5/c1-20(25-3,16-7-5-4-6-8-16)19(24)21(2)13-15-9-11-17(12-10-15)26-14-18(22)23/h4-12H,13-14H2,1-3H3,(H,22,23). The van der Waals surface area contributed by atoms with Gasteiger partial charge in [0.25, 0.3) is 5.91 Å². The van der Waals surface area contributed by atoms with Crippen molar-refractivity contribution in [3.63, 3.8) is 0 Å². The third-order valence-corrected chi connectivity index (χ3v) is 4.19. The summed E-state index contributed by atoms with van der Waals surface area (Å²) in [6.45, 7) is 1.76. The van der Waals surface area contributed by atoms with Crippen LogP contribution in [0.5, 0.6) is 5.75 Å². The minimum Gasteiger partial charge on any atom is -0.482 e. The zero-order chi connectivity index (χ0) is 19.2. The lowest BCUT2D eigenvalue weighted by atomic mass is 9.94. The highest BCUT2D eigenvalue weighted by atomic mass is 16.5. The fourth-order valence-electron chi connectivity index (χ4n) is 2.63. The zero-order valence-corrected chi connectivity index (χ0v) is 15.1. The van der Waals surface area contributed by atoms with Crippen molar-refractivity contribution in [1.29, 1.82) is 0 Å². The molecule has 1 atom stereocenters. The van der Waals surface area contributed by atoms with Gasteiger partial charge in [-0.2, -0.15) is 0 Å². The van der Waals surface area contributed by atoms with Crippen molar-refractivity contribution in [3.8, 4) is 5.75 Å². The summed E-state index contributed by atoms with van der Waals surface area (Å²) < 4.78 is 10.7. The minimum atomic E-state index is -1.07. The maximum absolute atomic E-state index is 13.0. The Morgan fingerprint density at radius 1 is 1.08 bits per heavy atom. The Labute approximate surface area is 153 Å². The number of carbonyl (C=O) groups excluding carboxylic acids is 1. The van der Waals surface area contributed by atoms with Gasteiger partial charge in [-0.25, -0.2) is 4.79 Å². The quantitative estimate of drug-likeness (QED) is 0.786. The van der Waals surface area contributed by atoms with Crippen LogP contribution in [0.2, 0.25) is 0 Å². The van der Waals surface area contributed by atoms with Crippen LogP contribution in [-0.4, -0.2) is 42.6 Å². The third kappa shape index (κ3) is 4.61. The van der Waals surface area contributed by atoms with Crippen LogP contribution in [0.4, 0.5) is 0 Å². The number of rotatable bonds is 8. The van der Waals surface area contributed by atoms with E-state index in [0.29, 0.717) is 12.3 Å². The van der Waals surface area contributed by atoms with Gasteiger partial charge in [-0.1, -0.05) is 42.5 Å². The molecule has 0 aliphatic carbocycles. The van der Waals surface area contributed by atoms with E-state index in [1.807, 2.05) is 30.3 Å². The molecule has 0 saturated carbocycles. The number of amides is 1. The van der Waals surface area contributed by atoms with Crippen molar-refractivity contribution >= 4 is 11.9 Å². The SMILES string of the molecule is COC(C)(C(=O)N(C)Cc1ccc(OCC(=O)O)cc1)c1ccccc1. The number of likely N-dealkylation sites (N-methyl/N-ethyl adjacent to an activating group) is 1. The number of methoxy groups -OCH3 is 1. The molecular weight excluding hydrogens is 334 g/mol. The molecule has 0 aliphatic rings. The fraction of sp³-hybridized carbons (Fsp3) is 0.300. The first-order valence-electron chi connectivity index (χ1n) is 8.16. The maximum Gasteiger partial charge on any atom is 0.341 e. The first-order chi connectivity index (χ1) is 12.4. The predicted molar refractivity (Wildman–Crippen MR) is 96.8 cm³/mol. The first-order valence-corrected chi connectivity index (χ1v) is 8.16. The number of carbonyl (C=O) groups is 2. The van der Waals surface area contributed by atoms with E-state index in [4.69, 9.17) is 14.6 Å². The van der Waals surface area contributed by atoms with E-state index in [1.54, 1.807) is 43.1 Å². The van der Waals surface area contributed by atoms with Crippen molar-refractivity contribution in [2.45, 2.75) is 19.1 Å². The second-order valence-corrected chi connectivity index (χ2v) is 6.09. The van der Waals surface area contributed by atoms with Crippen LogP contribution in [0.3, 0.4) is 0 Å². The summed E-state index contributed by atoms with van der Waals surface area (Å²) in [6.07, 6.45) is 0. The minimum absolute atomic E-state index is 0.155. The molecule has 0 bridgehead atoms. The molecule has 2 aromatic carbocycles. The fourth-order valence-corrected chi connectivity index (χ4v) is 2.63. The Kier molecular flexibility index (Phi) is 6.36. The molecule has 26 heavy (non-hydrogen) atoms. The lowest BCUT2D eigenvalue weighted by molar-refractivity contribution is -0.153. The number of hydrogen-bond acceptors (Lipinski definition) is 4. The molecule has 0 spiro atoms. The third-order valence-electron chi connectivity index (χ3n) is 4.19. The van der Waals surface area contributed by atoms with Crippen molar-refractivity contribution in [2.75, 3.05) is 20.8 Å². The van der Waals surface area contributed by atoms with Crippen molar-refractivity contribution < 1.29 is 24.2 Å². The van der Waals surface area contributed by atoms with Gasteiger partial charge in [0, 0.05) is 20.7 Å². The van der Waals surface area contributed by atoms with Crippen molar-refractivity contribution in [1.82, 2.24) is 4.90 Å². The number of nitrogens with zero attached hydrogens (tertiary/aromatic N) is 1. The number of carboxylic acid groups (broad SMARTS) is 1. The Morgan fingerprint density at radius 3 is 2.23 bits per heavy atom. The van der Waals surface area contributed by atoms with E-state index in [2.05, 4.69) is 0 Å². The van der Waals surface area contributed by atoms with Crippen LogP contribution >= 0.6 is 0 Å². The van der Waals surface area contributed by atoms with E-state index >= 15 is 0 Å². The maximum atomic E-state index is 13.0. The second-order valence-electron chi connectivity index (χ2n) is 6.09. The van der Waals surface area contributed by atoms with E-state index in [9.17, 15) is 9.59 Å². The Morgan fingerprint density at radius 2 is 1.69 bits per heavy atom. The van der Waals surface area contributed by atoms with Gasteiger partial charge in [0.15, 0.2) is 12.2 Å². The van der Waals surface area contributed by atoms with Crippen LogP contribution in [-0.2, 0) is 26.5 Å². The summed E-state index contributed by atoms with van der Waals surface area (Å²) in [7, 11) is 3.24. The molecule has 0 fully saturated rings. The summed E-state index contributed by atoms with van der Waals surface area (Å²) in [5.41, 5.74) is 0.618. The number of benzene rings is 2. The largest absolute Gasteiger partial charge is 0.482 e. The highest BCUT2D eigenvalue weighted by Crippen LogP contribution is 2.27. The molecule has 2 rings (SSSR count). The molecule has 1 amide bonds. The van der Waals surface area contributed by atoms with Crippen LogP contribution in [0.15, 0.2) is 54.6 Å². The lowest BCUT2D eigenvalue weighted by Gasteiger charge is -2.32. The second kappa shape index (κ2) is 8.49. The van der Waals surface area contributed by atoms with Crippen LogP contribution in [0.1, 0.15) is 18.1 Å². The summed E-state index contributed by atoms with van der Waals surface area (Å²) in [4.78, 5) is 25.1. The van der Waals surface area contributed by atoms with Crippen molar-refractivity contribution in [2.24, 2.45) is 0 Å². The molecule has 138 valence electrons. The van der Waals surface area contributed by atoms with Gasteiger partial charge < -0.3 is 19.5 Å². The lowest BCUT2D eigenvalue weighted by Crippen LogP contribution is -2.44. The average molecular weight is 357 g/mol. The van der Waals surface area contributed by atoms with E-state index < -0.39 is 11.6 Å². The topological polar surface area (TPSA) is 76.1 Å². The number of ether oxygens (including phenoxy) is 2. The molecule has 0 aliphatic heterocycles. The van der Waals surface area contributed by atoms with Gasteiger partial charge in [-0.3, -0.25) is 4.79 Å². The Bertz CT molecular complexity index is 745. The molecule has 6 nitrogen and oxygen atoms in total. The van der Waals surface area contributed by atoms with E-state index in [-0.39, 0.29) is 12.5 Å². The normalized spacial score (nSPS) is 12.9. The number of hydrogen-bond donors (Lipinski definition) is 1. The van der Waals surface area contributed by atoms with Gasteiger partial charge in [-0.15, -0.1) is 0 Å². The number of aliphatic carboxylic acids is 1. The summed E-state index contributed by atoms with van der Waals surface area (Å²) >= 11 is 0.